The molecule has 20 heavy (non-hydrogen) atoms. The molecule has 104 valence electrons. The first kappa shape index (κ1) is 15.4. The molecule has 0 fully saturated rings. The number of amides is 1. The SMILES string of the molecule is C=CCN(CC(=O)OCC)C(=O)c1cccc(C#N)c1. The summed E-state index contributed by atoms with van der Waals surface area (Å²) in [6, 6.07) is 8.30. The summed E-state index contributed by atoms with van der Waals surface area (Å²) in [4.78, 5) is 25.1. The van der Waals surface area contributed by atoms with Gasteiger partial charge in [0.05, 0.1) is 18.2 Å². The molecule has 0 aromatic heterocycles. The molecule has 0 aliphatic rings. The Labute approximate surface area is 118 Å². The summed E-state index contributed by atoms with van der Waals surface area (Å²) < 4.78 is 4.83. The van der Waals surface area contributed by atoms with Gasteiger partial charge in [-0.1, -0.05) is 12.1 Å². The molecule has 1 aromatic carbocycles. The number of carbonyl (C=O) groups is 2. The maximum atomic E-state index is 12.3. The fourth-order valence-electron chi connectivity index (χ4n) is 1.64. The van der Waals surface area contributed by atoms with Gasteiger partial charge in [-0.2, -0.15) is 5.26 Å². The zero-order valence-corrected chi connectivity index (χ0v) is 11.3. The van der Waals surface area contributed by atoms with Crippen LogP contribution in [0.4, 0.5) is 0 Å². The Bertz CT molecular complexity index is 546. The average Bonchev–Trinajstić information content (AvgIpc) is 2.46. The Morgan fingerprint density at radius 2 is 2.25 bits per heavy atom. The van der Waals surface area contributed by atoms with Crippen molar-refractivity contribution in [1.29, 1.82) is 5.26 Å². The topological polar surface area (TPSA) is 70.4 Å². The predicted molar refractivity (Wildman–Crippen MR) is 73.9 cm³/mol. The molecule has 0 bridgehead atoms. The van der Waals surface area contributed by atoms with E-state index in [1.54, 1.807) is 25.1 Å². The van der Waals surface area contributed by atoms with Crippen LogP contribution in [0.25, 0.3) is 0 Å². The van der Waals surface area contributed by atoms with Crippen molar-refractivity contribution in [3.05, 3.63) is 48.0 Å². The molecule has 0 radical (unpaired) electrons. The normalized spacial score (nSPS) is 9.40. The van der Waals surface area contributed by atoms with E-state index in [4.69, 9.17) is 10.00 Å². The van der Waals surface area contributed by atoms with Gasteiger partial charge in [-0.25, -0.2) is 0 Å². The minimum Gasteiger partial charge on any atom is -0.465 e. The fraction of sp³-hybridized carbons (Fsp3) is 0.267. The molecule has 0 saturated carbocycles. The quantitative estimate of drug-likeness (QED) is 0.584. The molecule has 5 heteroatoms. The molecule has 0 aliphatic heterocycles. The van der Waals surface area contributed by atoms with Crippen molar-refractivity contribution in [1.82, 2.24) is 4.90 Å². The van der Waals surface area contributed by atoms with Crippen molar-refractivity contribution >= 4 is 11.9 Å². The van der Waals surface area contributed by atoms with E-state index in [0.717, 1.165) is 0 Å². The summed E-state index contributed by atoms with van der Waals surface area (Å²) in [6.07, 6.45) is 1.53. The van der Waals surface area contributed by atoms with Crippen molar-refractivity contribution < 1.29 is 14.3 Å². The average molecular weight is 272 g/mol. The van der Waals surface area contributed by atoms with E-state index in [0.29, 0.717) is 11.1 Å². The van der Waals surface area contributed by atoms with Gasteiger partial charge in [0.25, 0.3) is 5.91 Å². The van der Waals surface area contributed by atoms with Gasteiger partial charge in [0.2, 0.25) is 0 Å². The zero-order chi connectivity index (χ0) is 15.0. The third-order valence-electron chi connectivity index (χ3n) is 2.50. The second-order valence-corrected chi connectivity index (χ2v) is 3.97. The number of ether oxygens (including phenoxy) is 1. The molecule has 0 saturated heterocycles. The van der Waals surface area contributed by atoms with E-state index in [9.17, 15) is 9.59 Å². The number of nitrogens with zero attached hydrogens (tertiary/aromatic N) is 2. The van der Waals surface area contributed by atoms with Crippen LogP contribution in [0.15, 0.2) is 36.9 Å². The van der Waals surface area contributed by atoms with E-state index < -0.39 is 5.97 Å². The maximum absolute atomic E-state index is 12.3. The largest absolute Gasteiger partial charge is 0.465 e. The highest BCUT2D eigenvalue weighted by molar-refractivity contribution is 5.96. The second-order valence-electron chi connectivity index (χ2n) is 3.97. The third-order valence-corrected chi connectivity index (χ3v) is 2.50. The summed E-state index contributed by atoms with van der Waals surface area (Å²) in [6.45, 7) is 5.62. The van der Waals surface area contributed by atoms with E-state index >= 15 is 0 Å². The van der Waals surface area contributed by atoms with Crippen LogP contribution < -0.4 is 0 Å². The van der Waals surface area contributed by atoms with Gasteiger partial charge in [0, 0.05) is 12.1 Å². The van der Waals surface area contributed by atoms with E-state index in [2.05, 4.69) is 6.58 Å². The van der Waals surface area contributed by atoms with Crippen molar-refractivity contribution in [2.24, 2.45) is 0 Å². The molecule has 1 amide bonds. The van der Waals surface area contributed by atoms with Crippen LogP contribution in [0.5, 0.6) is 0 Å². The van der Waals surface area contributed by atoms with E-state index in [1.165, 1.54) is 17.0 Å². The van der Waals surface area contributed by atoms with Crippen LogP contribution in [0.3, 0.4) is 0 Å². The molecule has 0 N–H and O–H groups in total. The number of esters is 1. The Hall–Kier alpha value is -2.61. The second kappa shape index (κ2) is 7.74. The van der Waals surface area contributed by atoms with Gasteiger partial charge in [-0.05, 0) is 25.1 Å². The van der Waals surface area contributed by atoms with Crippen LogP contribution in [-0.2, 0) is 9.53 Å². The van der Waals surface area contributed by atoms with Crippen molar-refractivity contribution in [3.63, 3.8) is 0 Å². The number of benzene rings is 1. The lowest BCUT2D eigenvalue weighted by molar-refractivity contribution is -0.143. The molecule has 1 rings (SSSR count). The number of rotatable bonds is 6. The molecular weight excluding hydrogens is 256 g/mol. The molecule has 0 spiro atoms. The first-order valence-corrected chi connectivity index (χ1v) is 6.18. The summed E-state index contributed by atoms with van der Waals surface area (Å²) in [5, 5.41) is 8.84. The summed E-state index contributed by atoms with van der Waals surface area (Å²) in [7, 11) is 0. The highest BCUT2D eigenvalue weighted by atomic mass is 16.5. The highest BCUT2D eigenvalue weighted by Crippen LogP contribution is 2.08. The van der Waals surface area contributed by atoms with Crippen LogP contribution in [0, 0.1) is 11.3 Å². The Morgan fingerprint density at radius 3 is 2.85 bits per heavy atom. The molecule has 0 atom stereocenters. The molecule has 0 aliphatic carbocycles. The van der Waals surface area contributed by atoms with Gasteiger partial charge in [-0.15, -0.1) is 6.58 Å². The zero-order valence-electron chi connectivity index (χ0n) is 11.3. The van der Waals surface area contributed by atoms with Crippen molar-refractivity contribution in [2.45, 2.75) is 6.92 Å². The minimum atomic E-state index is -0.473. The Morgan fingerprint density at radius 1 is 1.50 bits per heavy atom. The molecular formula is C15H16N2O3. The molecule has 0 heterocycles. The fourth-order valence-corrected chi connectivity index (χ4v) is 1.64. The van der Waals surface area contributed by atoms with Gasteiger partial charge < -0.3 is 9.64 Å². The van der Waals surface area contributed by atoms with E-state index in [1.807, 2.05) is 6.07 Å². The first-order chi connectivity index (χ1) is 9.62. The maximum Gasteiger partial charge on any atom is 0.325 e. The number of hydrogen-bond donors (Lipinski definition) is 0. The first-order valence-electron chi connectivity index (χ1n) is 6.18. The lowest BCUT2D eigenvalue weighted by Crippen LogP contribution is -2.36. The molecule has 0 unspecified atom stereocenters. The number of carbonyl (C=O) groups excluding carboxylic acids is 2. The number of hydrogen-bond acceptors (Lipinski definition) is 4. The molecule has 5 nitrogen and oxygen atoms in total. The Kier molecular flexibility index (Phi) is 5.98. The van der Waals surface area contributed by atoms with Crippen LogP contribution in [0.1, 0.15) is 22.8 Å². The van der Waals surface area contributed by atoms with Crippen molar-refractivity contribution in [3.8, 4) is 6.07 Å². The van der Waals surface area contributed by atoms with Gasteiger partial charge in [-0.3, -0.25) is 9.59 Å². The van der Waals surface area contributed by atoms with Gasteiger partial charge >= 0.3 is 5.97 Å². The highest BCUT2D eigenvalue weighted by Gasteiger charge is 2.18. The van der Waals surface area contributed by atoms with Crippen LogP contribution in [0.2, 0.25) is 0 Å². The Balaban J connectivity index is 2.90. The van der Waals surface area contributed by atoms with Gasteiger partial charge in [0.1, 0.15) is 6.54 Å². The molecule has 1 aromatic rings. The monoisotopic (exact) mass is 272 g/mol. The van der Waals surface area contributed by atoms with Crippen LogP contribution in [-0.4, -0.2) is 36.5 Å². The smallest absolute Gasteiger partial charge is 0.325 e. The predicted octanol–water partition coefficient (Wildman–Crippen LogP) is 1.75. The van der Waals surface area contributed by atoms with Gasteiger partial charge in [0.15, 0.2) is 0 Å². The minimum absolute atomic E-state index is 0.143. The summed E-state index contributed by atoms with van der Waals surface area (Å²) in [5.41, 5.74) is 0.751. The number of nitriles is 1. The summed E-state index contributed by atoms with van der Waals surface area (Å²) in [5.74, 6) is -0.811. The standard InChI is InChI=1S/C15H16N2O3/c1-3-8-17(11-14(18)20-4-2)15(19)13-7-5-6-12(9-13)10-16/h3,5-7,9H,1,4,8,11H2,2H3. The van der Waals surface area contributed by atoms with Crippen LogP contribution >= 0.6 is 0 Å². The van der Waals surface area contributed by atoms with Crippen molar-refractivity contribution in [2.75, 3.05) is 19.7 Å². The lowest BCUT2D eigenvalue weighted by Gasteiger charge is -2.20. The lowest BCUT2D eigenvalue weighted by atomic mass is 10.1. The summed E-state index contributed by atoms with van der Waals surface area (Å²) >= 11 is 0. The van der Waals surface area contributed by atoms with E-state index in [-0.39, 0.29) is 25.6 Å². The third kappa shape index (κ3) is 4.25.